The molecule has 0 saturated carbocycles. The molecular weight excluding hydrogens is 292 g/mol. The zero-order valence-electron chi connectivity index (χ0n) is 14.2. The van der Waals surface area contributed by atoms with Gasteiger partial charge in [0.05, 0.1) is 5.56 Å². The van der Waals surface area contributed by atoms with Crippen molar-refractivity contribution in [3.63, 3.8) is 0 Å². The number of carbonyl (C=O) groups is 1. The number of fused-ring (bicyclic) bond motifs is 1. The van der Waals surface area contributed by atoms with E-state index in [1.54, 1.807) is 11.3 Å². The summed E-state index contributed by atoms with van der Waals surface area (Å²) in [6.07, 6.45) is 3.61. The van der Waals surface area contributed by atoms with Crippen LogP contribution in [0.15, 0.2) is 0 Å². The van der Waals surface area contributed by atoms with Crippen molar-refractivity contribution in [3.8, 4) is 6.07 Å². The number of thiophene rings is 1. The molecule has 1 amide bonds. The predicted octanol–water partition coefficient (Wildman–Crippen LogP) is 4.76. The normalized spacial score (nSPS) is 18.0. The van der Waals surface area contributed by atoms with Crippen LogP contribution in [0.4, 0.5) is 5.00 Å². The van der Waals surface area contributed by atoms with Gasteiger partial charge in [-0.25, -0.2) is 0 Å². The monoisotopic (exact) mass is 318 g/mol. The van der Waals surface area contributed by atoms with Gasteiger partial charge in [0.25, 0.3) is 0 Å². The number of carbonyl (C=O) groups excluding carboxylic acids is 1. The Bertz CT molecular complexity index is 602. The van der Waals surface area contributed by atoms with Crippen LogP contribution in [-0.2, 0) is 17.6 Å². The van der Waals surface area contributed by atoms with Gasteiger partial charge in [0.2, 0.25) is 5.91 Å². The second-order valence-corrected chi connectivity index (χ2v) is 8.88. The summed E-state index contributed by atoms with van der Waals surface area (Å²) in [4.78, 5) is 13.3. The van der Waals surface area contributed by atoms with Crippen molar-refractivity contribution in [2.75, 3.05) is 5.32 Å². The third-order valence-electron chi connectivity index (χ3n) is 4.45. The Morgan fingerprint density at radius 1 is 1.45 bits per heavy atom. The van der Waals surface area contributed by atoms with Crippen molar-refractivity contribution in [2.45, 2.75) is 60.3 Å². The van der Waals surface area contributed by atoms with Gasteiger partial charge in [-0.3, -0.25) is 4.79 Å². The molecule has 2 rings (SSSR count). The van der Waals surface area contributed by atoms with Gasteiger partial charge in [-0.1, -0.05) is 34.6 Å². The Balaban J connectivity index is 2.23. The molecule has 1 atom stereocenters. The van der Waals surface area contributed by atoms with Gasteiger partial charge in [0, 0.05) is 11.3 Å². The average Bonchev–Trinajstić information content (AvgIpc) is 2.72. The minimum absolute atomic E-state index is 0.0115. The summed E-state index contributed by atoms with van der Waals surface area (Å²) in [5, 5.41) is 13.2. The van der Waals surface area contributed by atoms with Crippen molar-refractivity contribution >= 4 is 22.2 Å². The second-order valence-electron chi connectivity index (χ2n) is 7.77. The topological polar surface area (TPSA) is 52.9 Å². The van der Waals surface area contributed by atoms with E-state index in [9.17, 15) is 10.1 Å². The zero-order chi connectivity index (χ0) is 16.5. The summed E-state index contributed by atoms with van der Waals surface area (Å²) >= 11 is 1.61. The molecular formula is C18H26N2OS. The summed E-state index contributed by atoms with van der Waals surface area (Å²) in [5.74, 6) is 0.979. The smallest absolute Gasteiger partial charge is 0.225 e. The van der Waals surface area contributed by atoms with Crippen LogP contribution in [0.1, 0.15) is 63.5 Å². The molecule has 0 aliphatic heterocycles. The molecule has 1 N–H and O–H groups in total. The third-order valence-corrected chi connectivity index (χ3v) is 5.62. The van der Waals surface area contributed by atoms with Gasteiger partial charge in [0.1, 0.15) is 11.1 Å². The number of hydrogen-bond donors (Lipinski definition) is 1. The zero-order valence-corrected chi connectivity index (χ0v) is 15.1. The molecule has 22 heavy (non-hydrogen) atoms. The maximum Gasteiger partial charge on any atom is 0.225 e. The van der Waals surface area contributed by atoms with E-state index in [1.165, 1.54) is 10.4 Å². The molecule has 1 heterocycles. The standard InChI is InChI=1S/C18H26N2OS/c1-11(2)8-16(21)20-17-14(10-19)13-7-6-12(18(3,4)5)9-15(13)22-17/h11-12H,6-9H2,1-5H3,(H,20,21)/t12-/m0/s1. The number of anilines is 1. The Hall–Kier alpha value is -1.34. The van der Waals surface area contributed by atoms with Gasteiger partial charge in [-0.15, -0.1) is 11.3 Å². The average molecular weight is 318 g/mol. The van der Waals surface area contributed by atoms with E-state index in [0.717, 1.165) is 24.3 Å². The summed E-state index contributed by atoms with van der Waals surface area (Å²) < 4.78 is 0. The number of nitrogens with one attached hydrogen (secondary N) is 1. The Labute approximate surface area is 137 Å². The molecule has 120 valence electrons. The summed E-state index contributed by atoms with van der Waals surface area (Å²) in [7, 11) is 0. The Morgan fingerprint density at radius 2 is 2.14 bits per heavy atom. The highest BCUT2D eigenvalue weighted by molar-refractivity contribution is 7.16. The van der Waals surface area contributed by atoms with E-state index in [0.29, 0.717) is 23.8 Å². The minimum Gasteiger partial charge on any atom is -0.317 e. The highest BCUT2D eigenvalue weighted by atomic mass is 32.1. The molecule has 1 aliphatic rings. The van der Waals surface area contributed by atoms with Crippen LogP contribution in [0.3, 0.4) is 0 Å². The van der Waals surface area contributed by atoms with Gasteiger partial charge in [-0.05, 0) is 42.1 Å². The van der Waals surface area contributed by atoms with E-state index < -0.39 is 0 Å². The van der Waals surface area contributed by atoms with E-state index in [2.05, 4.69) is 32.2 Å². The summed E-state index contributed by atoms with van der Waals surface area (Å²) in [6.45, 7) is 10.9. The maximum absolute atomic E-state index is 12.0. The van der Waals surface area contributed by atoms with Crippen LogP contribution in [0.2, 0.25) is 0 Å². The van der Waals surface area contributed by atoms with Crippen molar-refractivity contribution < 1.29 is 4.79 Å². The first-order valence-electron chi connectivity index (χ1n) is 8.06. The first kappa shape index (κ1) is 17.0. The number of nitriles is 1. The lowest BCUT2D eigenvalue weighted by Crippen LogP contribution is -2.26. The fourth-order valence-electron chi connectivity index (χ4n) is 3.08. The summed E-state index contributed by atoms with van der Waals surface area (Å²) in [5.41, 5.74) is 2.16. The third kappa shape index (κ3) is 3.70. The largest absolute Gasteiger partial charge is 0.317 e. The molecule has 0 bridgehead atoms. The van der Waals surface area contributed by atoms with E-state index in [-0.39, 0.29) is 11.3 Å². The maximum atomic E-state index is 12.0. The highest BCUT2D eigenvalue weighted by Crippen LogP contribution is 2.44. The highest BCUT2D eigenvalue weighted by Gasteiger charge is 2.32. The number of amides is 1. The van der Waals surface area contributed by atoms with Gasteiger partial charge >= 0.3 is 0 Å². The molecule has 1 aliphatic carbocycles. The fraction of sp³-hybridized carbons (Fsp3) is 0.667. The van der Waals surface area contributed by atoms with Gasteiger partial charge in [-0.2, -0.15) is 5.26 Å². The molecule has 3 nitrogen and oxygen atoms in total. The molecule has 0 radical (unpaired) electrons. The van der Waals surface area contributed by atoms with Crippen LogP contribution in [-0.4, -0.2) is 5.91 Å². The minimum atomic E-state index is 0.0115. The number of nitrogens with zero attached hydrogens (tertiary/aromatic N) is 1. The van der Waals surface area contributed by atoms with Crippen LogP contribution < -0.4 is 5.32 Å². The molecule has 0 spiro atoms. The van der Waals surface area contributed by atoms with Crippen molar-refractivity contribution in [1.29, 1.82) is 5.26 Å². The van der Waals surface area contributed by atoms with Gasteiger partial charge < -0.3 is 5.32 Å². The SMILES string of the molecule is CC(C)CC(=O)Nc1sc2c(c1C#N)CC[C@H](C(C)(C)C)C2. The molecule has 0 fully saturated rings. The first-order chi connectivity index (χ1) is 10.2. The van der Waals surface area contributed by atoms with E-state index in [4.69, 9.17) is 0 Å². The quantitative estimate of drug-likeness (QED) is 0.874. The van der Waals surface area contributed by atoms with Crippen LogP contribution in [0, 0.1) is 28.6 Å². The Morgan fingerprint density at radius 3 is 2.68 bits per heavy atom. The lowest BCUT2D eigenvalue weighted by Gasteiger charge is -2.33. The van der Waals surface area contributed by atoms with E-state index in [1.807, 2.05) is 13.8 Å². The molecule has 0 unspecified atom stereocenters. The van der Waals surface area contributed by atoms with Crippen molar-refractivity contribution in [2.24, 2.45) is 17.3 Å². The number of rotatable bonds is 3. The second kappa shape index (κ2) is 6.42. The lowest BCUT2D eigenvalue weighted by atomic mass is 9.72. The molecule has 1 aromatic heterocycles. The fourth-order valence-corrected chi connectivity index (χ4v) is 4.37. The van der Waals surface area contributed by atoms with Crippen LogP contribution in [0.5, 0.6) is 0 Å². The number of hydrogen-bond acceptors (Lipinski definition) is 3. The molecule has 0 aromatic carbocycles. The molecule has 4 heteroatoms. The predicted molar refractivity (Wildman–Crippen MR) is 92.1 cm³/mol. The van der Waals surface area contributed by atoms with Crippen molar-refractivity contribution in [1.82, 2.24) is 0 Å². The summed E-state index contributed by atoms with van der Waals surface area (Å²) in [6, 6.07) is 2.31. The van der Waals surface area contributed by atoms with Crippen molar-refractivity contribution in [3.05, 3.63) is 16.0 Å². The Kier molecular flexibility index (Phi) is 4.97. The van der Waals surface area contributed by atoms with Gasteiger partial charge in [0.15, 0.2) is 0 Å². The first-order valence-corrected chi connectivity index (χ1v) is 8.88. The van der Waals surface area contributed by atoms with Crippen LogP contribution in [0.25, 0.3) is 0 Å². The van der Waals surface area contributed by atoms with E-state index >= 15 is 0 Å². The van der Waals surface area contributed by atoms with Crippen LogP contribution >= 0.6 is 11.3 Å². The molecule has 1 aromatic rings. The lowest BCUT2D eigenvalue weighted by molar-refractivity contribution is -0.116. The molecule has 0 saturated heterocycles.